The van der Waals surface area contributed by atoms with Crippen LogP contribution in [0.5, 0.6) is 5.75 Å². The van der Waals surface area contributed by atoms with Crippen LogP contribution in [-0.4, -0.2) is 18.5 Å². The first kappa shape index (κ1) is 23.6. The molecule has 0 aromatic heterocycles. The fraction of sp³-hybridized carbons (Fsp3) is 0.111. The van der Waals surface area contributed by atoms with Gasteiger partial charge in [-0.05, 0) is 47.9 Å². The highest BCUT2D eigenvalue weighted by Crippen LogP contribution is 2.40. The summed E-state index contributed by atoms with van der Waals surface area (Å²) < 4.78 is 85.7. The molecule has 0 bridgehead atoms. The van der Waals surface area contributed by atoms with Gasteiger partial charge in [0.05, 0.1) is 41.0 Å². The third kappa shape index (κ3) is 4.32. The Kier molecular flexibility index (Phi) is 5.58. The topological polar surface area (TPSA) is 34.0 Å². The number of nitrogens with zero attached hydrogens (tertiary/aromatic N) is 2. The molecule has 3 nitrogen and oxygen atoms in total. The number of hydrogen-bond acceptors (Lipinski definition) is 3. The van der Waals surface area contributed by atoms with Crippen molar-refractivity contribution in [3.63, 3.8) is 0 Å². The molecule has 0 aliphatic heterocycles. The smallest absolute Gasteiger partial charge is 0.416 e. The SMILES string of the molecule is COc1ccc(N=C2C(=Nc3cc(C(F)(F)F)cc(C(F)(F)F)c3)c3cccc4cccc2c34)cc1. The minimum atomic E-state index is -4.98. The summed E-state index contributed by atoms with van der Waals surface area (Å²) in [5.41, 5.74) is -1.04. The number of ether oxygens (including phenoxy) is 1. The molecule has 0 N–H and O–H groups in total. The fourth-order valence-corrected chi connectivity index (χ4v) is 4.14. The van der Waals surface area contributed by atoms with Crippen molar-refractivity contribution in [2.24, 2.45) is 9.98 Å². The third-order valence-electron chi connectivity index (χ3n) is 5.77. The number of halogens is 6. The number of rotatable bonds is 3. The number of alkyl halides is 6. The molecule has 1 aliphatic rings. The average Bonchev–Trinajstić information content (AvgIpc) is 3.12. The van der Waals surface area contributed by atoms with Crippen molar-refractivity contribution in [3.8, 4) is 5.75 Å². The van der Waals surface area contributed by atoms with Gasteiger partial charge in [0.1, 0.15) is 5.75 Å². The monoisotopic (exact) mass is 498 g/mol. The Bertz CT molecular complexity index is 1500. The van der Waals surface area contributed by atoms with E-state index in [2.05, 4.69) is 9.98 Å². The van der Waals surface area contributed by atoms with E-state index in [0.717, 1.165) is 10.8 Å². The first-order valence-electron chi connectivity index (χ1n) is 10.7. The van der Waals surface area contributed by atoms with Crippen LogP contribution in [0.3, 0.4) is 0 Å². The van der Waals surface area contributed by atoms with Gasteiger partial charge in [0.25, 0.3) is 0 Å². The largest absolute Gasteiger partial charge is 0.497 e. The Morgan fingerprint density at radius 2 is 1.11 bits per heavy atom. The van der Waals surface area contributed by atoms with Crippen LogP contribution in [0.1, 0.15) is 22.3 Å². The summed E-state index contributed by atoms with van der Waals surface area (Å²) in [7, 11) is 1.52. The van der Waals surface area contributed by atoms with Crippen molar-refractivity contribution in [3.05, 3.63) is 101 Å². The summed E-state index contributed by atoms with van der Waals surface area (Å²) in [4.78, 5) is 9.00. The predicted molar refractivity (Wildman–Crippen MR) is 126 cm³/mol. The first-order valence-corrected chi connectivity index (χ1v) is 10.7. The zero-order chi connectivity index (χ0) is 25.7. The van der Waals surface area contributed by atoms with Crippen LogP contribution in [0, 0.1) is 0 Å². The summed E-state index contributed by atoms with van der Waals surface area (Å²) >= 11 is 0. The lowest BCUT2D eigenvalue weighted by Crippen LogP contribution is -2.12. The van der Waals surface area contributed by atoms with E-state index in [-0.39, 0.29) is 11.8 Å². The van der Waals surface area contributed by atoms with Crippen LogP contribution < -0.4 is 4.74 Å². The number of aliphatic imine (C=N–C) groups is 2. The molecule has 4 aromatic carbocycles. The predicted octanol–water partition coefficient (Wildman–Crippen LogP) is 8.14. The van der Waals surface area contributed by atoms with Gasteiger partial charge in [0.2, 0.25) is 0 Å². The van der Waals surface area contributed by atoms with Crippen LogP contribution in [0.4, 0.5) is 37.7 Å². The molecule has 36 heavy (non-hydrogen) atoms. The minimum absolute atomic E-state index is 0.0835. The van der Waals surface area contributed by atoms with Crippen LogP contribution in [-0.2, 0) is 12.4 Å². The Labute approximate surface area is 201 Å². The van der Waals surface area contributed by atoms with E-state index in [0.29, 0.717) is 40.4 Å². The van der Waals surface area contributed by atoms with E-state index < -0.39 is 29.2 Å². The second-order valence-electron chi connectivity index (χ2n) is 8.09. The van der Waals surface area contributed by atoms with Crippen molar-refractivity contribution < 1.29 is 31.1 Å². The van der Waals surface area contributed by atoms with Crippen LogP contribution in [0.25, 0.3) is 10.8 Å². The molecule has 1 aliphatic carbocycles. The summed E-state index contributed by atoms with van der Waals surface area (Å²) in [6, 6.07) is 18.9. The molecule has 0 saturated heterocycles. The van der Waals surface area contributed by atoms with Gasteiger partial charge in [-0.3, -0.25) is 0 Å². The Balaban J connectivity index is 1.75. The third-order valence-corrected chi connectivity index (χ3v) is 5.77. The van der Waals surface area contributed by atoms with E-state index in [1.54, 1.807) is 48.5 Å². The second-order valence-corrected chi connectivity index (χ2v) is 8.09. The van der Waals surface area contributed by atoms with Gasteiger partial charge in [-0.1, -0.05) is 36.4 Å². The minimum Gasteiger partial charge on any atom is -0.497 e. The Hall–Kier alpha value is -4.14. The molecule has 0 atom stereocenters. The van der Waals surface area contributed by atoms with Gasteiger partial charge in [0, 0.05) is 16.5 Å². The molecule has 9 heteroatoms. The maximum absolute atomic E-state index is 13.4. The van der Waals surface area contributed by atoms with Gasteiger partial charge in [-0.25, -0.2) is 9.98 Å². The molecule has 0 spiro atoms. The molecule has 0 fully saturated rings. The van der Waals surface area contributed by atoms with Gasteiger partial charge < -0.3 is 4.74 Å². The highest BCUT2D eigenvalue weighted by atomic mass is 19.4. The quantitative estimate of drug-likeness (QED) is 0.263. The molecule has 0 saturated carbocycles. The molecule has 0 radical (unpaired) electrons. The van der Waals surface area contributed by atoms with Crippen molar-refractivity contribution in [2.75, 3.05) is 7.11 Å². The van der Waals surface area contributed by atoms with Crippen LogP contribution >= 0.6 is 0 Å². The molecule has 0 amide bonds. The Morgan fingerprint density at radius 3 is 1.58 bits per heavy atom. The van der Waals surface area contributed by atoms with E-state index in [1.807, 2.05) is 12.1 Å². The zero-order valence-corrected chi connectivity index (χ0v) is 18.6. The first-order chi connectivity index (χ1) is 17.0. The summed E-state index contributed by atoms with van der Waals surface area (Å²) in [5, 5.41) is 1.62. The van der Waals surface area contributed by atoms with Crippen molar-refractivity contribution >= 4 is 33.6 Å². The normalized spacial score (nSPS) is 15.8. The van der Waals surface area contributed by atoms with E-state index in [4.69, 9.17) is 4.74 Å². The molecule has 4 aromatic rings. The highest BCUT2D eigenvalue weighted by Gasteiger charge is 2.37. The standard InChI is InChI=1S/C27H16F6N2O/c1-36-20-10-8-18(9-11-20)34-24-21-6-2-4-15-5-3-7-22(23(15)21)25(24)35-19-13-16(26(28,29)30)12-17(14-19)27(31,32)33/h2-14H,1H3. The summed E-state index contributed by atoms with van der Waals surface area (Å²) in [6.07, 6.45) is -9.95. The molecule has 0 heterocycles. The van der Waals surface area contributed by atoms with Gasteiger partial charge in [0.15, 0.2) is 0 Å². The van der Waals surface area contributed by atoms with E-state index in [9.17, 15) is 26.3 Å². The van der Waals surface area contributed by atoms with E-state index >= 15 is 0 Å². The number of methoxy groups -OCH3 is 1. The van der Waals surface area contributed by atoms with Gasteiger partial charge >= 0.3 is 12.4 Å². The lowest BCUT2D eigenvalue weighted by molar-refractivity contribution is -0.143. The molecular weight excluding hydrogens is 482 g/mol. The van der Waals surface area contributed by atoms with Gasteiger partial charge in [-0.15, -0.1) is 0 Å². The number of hydrogen-bond donors (Lipinski definition) is 0. The van der Waals surface area contributed by atoms with Crippen molar-refractivity contribution in [1.29, 1.82) is 0 Å². The highest BCUT2D eigenvalue weighted by molar-refractivity contribution is 6.61. The lowest BCUT2D eigenvalue weighted by atomic mass is 10.1. The maximum Gasteiger partial charge on any atom is 0.416 e. The number of benzene rings is 4. The molecular formula is C27H16F6N2O. The van der Waals surface area contributed by atoms with E-state index in [1.165, 1.54) is 7.11 Å². The zero-order valence-electron chi connectivity index (χ0n) is 18.6. The second kappa shape index (κ2) is 8.51. The lowest BCUT2D eigenvalue weighted by Gasteiger charge is -2.13. The van der Waals surface area contributed by atoms with Crippen molar-refractivity contribution in [1.82, 2.24) is 0 Å². The molecule has 5 rings (SSSR count). The summed E-state index contributed by atoms with van der Waals surface area (Å²) in [6.45, 7) is 0. The fourth-order valence-electron chi connectivity index (χ4n) is 4.14. The molecule has 182 valence electrons. The average molecular weight is 498 g/mol. The summed E-state index contributed by atoms with van der Waals surface area (Å²) in [5.74, 6) is 0.605. The maximum atomic E-state index is 13.4. The van der Waals surface area contributed by atoms with Crippen molar-refractivity contribution in [2.45, 2.75) is 12.4 Å². The van der Waals surface area contributed by atoms with Crippen LogP contribution in [0.2, 0.25) is 0 Å². The van der Waals surface area contributed by atoms with Gasteiger partial charge in [-0.2, -0.15) is 26.3 Å². The Morgan fingerprint density at radius 1 is 0.611 bits per heavy atom. The van der Waals surface area contributed by atoms with Crippen LogP contribution in [0.15, 0.2) is 88.8 Å². The molecule has 0 unspecified atom stereocenters.